The average molecular weight is 253 g/mol. The number of benzene rings is 1. The van der Waals surface area contributed by atoms with Crippen molar-refractivity contribution in [3.8, 4) is 5.75 Å². The SMILES string of the molecule is CCCCCCOc1c(F)cccc1CC(C)N. The lowest BCUT2D eigenvalue weighted by Gasteiger charge is -2.13. The average Bonchev–Trinajstić information content (AvgIpc) is 2.31. The van der Waals surface area contributed by atoms with Crippen LogP contribution in [0.25, 0.3) is 0 Å². The van der Waals surface area contributed by atoms with Gasteiger partial charge in [0.15, 0.2) is 11.6 Å². The van der Waals surface area contributed by atoms with Crippen LogP contribution >= 0.6 is 0 Å². The first-order chi connectivity index (χ1) is 8.65. The summed E-state index contributed by atoms with van der Waals surface area (Å²) in [5.41, 5.74) is 6.62. The predicted molar refractivity (Wildman–Crippen MR) is 73.4 cm³/mol. The highest BCUT2D eigenvalue weighted by atomic mass is 19.1. The van der Waals surface area contributed by atoms with Crippen LogP contribution in [0.5, 0.6) is 5.75 Å². The molecule has 18 heavy (non-hydrogen) atoms. The molecule has 1 unspecified atom stereocenters. The first-order valence-corrected chi connectivity index (χ1v) is 6.81. The molecule has 2 N–H and O–H groups in total. The lowest BCUT2D eigenvalue weighted by molar-refractivity contribution is 0.287. The van der Waals surface area contributed by atoms with E-state index in [1.54, 1.807) is 6.07 Å². The van der Waals surface area contributed by atoms with Crippen LogP contribution in [-0.4, -0.2) is 12.6 Å². The molecule has 1 aromatic rings. The molecule has 0 saturated carbocycles. The molecule has 3 heteroatoms. The highest BCUT2D eigenvalue weighted by Gasteiger charge is 2.11. The molecule has 0 bridgehead atoms. The summed E-state index contributed by atoms with van der Waals surface area (Å²) in [6, 6.07) is 5.03. The highest BCUT2D eigenvalue weighted by Crippen LogP contribution is 2.24. The van der Waals surface area contributed by atoms with E-state index in [-0.39, 0.29) is 11.9 Å². The van der Waals surface area contributed by atoms with Crippen molar-refractivity contribution >= 4 is 0 Å². The van der Waals surface area contributed by atoms with E-state index in [4.69, 9.17) is 10.5 Å². The fourth-order valence-electron chi connectivity index (χ4n) is 1.93. The third kappa shape index (κ3) is 5.05. The molecule has 0 radical (unpaired) electrons. The van der Waals surface area contributed by atoms with Crippen molar-refractivity contribution < 1.29 is 9.13 Å². The second-order valence-corrected chi connectivity index (χ2v) is 4.82. The number of rotatable bonds is 8. The highest BCUT2D eigenvalue weighted by molar-refractivity contribution is 5.35. The van der Waals surface area contributed by atoms with Gasteiger partial charge in [0.2, 0.25) is 0 Å². The zero-order valence-corrected chi connectivity index (χ0v) is 11.4. The van der Waals surface area contributed by atoms with Gasteiger partial charge in [-0.25, -0.2) is 4.39 Å². The van der Waals surface area contributed by atoms with Gasteiger partial charge >= 0.3 is 0 Å². The summed E-state index contributed by atoms with van der Waals surface area (Å²) >= 11 is 0. The zero-order chi connectivity index (χ0) is 13.4. The molecule has 102 valence electrons. The van der Waals surface area contributed by atoms with Crippen molar-refractivity contribution in [3.63, 3.8) is 0 Å². The van der Waals surface area contributed by atoms with Gasteiger partial charge in [-0.15, -0.1) is 0 Å². The first-order valence-electron chi connectivity index (χ1n) is 6.81. The molecule has 0 aliphatic carbocycles. The van der Waals surface area contributed by atoms with E-state index in [9.17, 15) is 4.39 Å². The van der Waals surface area contributed by atoms with Gasteiger partial charge in [0.1, 0.15) is 0 Å². The summed E-state index contributed by atoms with van der Waals surface area (Å²) in [5, 5.41) is 0. The molecule has 1 aromatic carbocycles. The summed E-state index contributed by atoms with van der Waals surface area (Å²) in [6.45, 7) is 4.65. The Labute approximate surface area is 109 Å². The summed E-state index contributed by atoms with van der Waals surface area (Å²) in [5.74, 6) is 0.0925. The Morgan fingerprint density at radius 1 is 1.28 bits per heavy atom. The van der Waals surface area contributed by atoms with E-state index >= 15 is 0 Å². The fourth-order valence-corrected chi connectivity index (χ4v) is 1.93. The summed E-state index contributed by atoms with van der Waals surface area (Å²) < 4.78 is 19.3. The first kappa shape index (κ1) is 15.0. The molecule has 0 fully saturated rings. The lowest BCUT2D eigenvalue weighted by Crippen LogP contribution is -2.18. The van der Waals surface area contributed by atoms with Gasteiger partial charge in [0.25, 0.3) is 0 Å². The molecule has 2 nitrogen and oxygen atoms in total. The van der Waals surface area contributed by atoms with E-state index in [1.807, 2.05) is 13.0 Å². The number of hydrogen-bond acceptors (Lipinski definition) is 2. The Hall–Kier alpha value is -1.09. The normalized spacial score (nSPS) is 12.4. The molecule has 0 heterocycles. The minimum absolute atomic E-state index is 0.00856. The van der Waals surface area contributed by atoms with E-state index in [1.165, 1.54) is 18.9 Å². The molecule has 0 spiro atoms. The topological polar surface area (TPSA) is 35.2 Å². The number of nitrogens with two attached hydrogens (primary N) is 1. The number of unbranched alkanes of at least 4 members (excludes halogenated alkanes) is 3. The molecule has 1 rings (SSSR count). The minimum atomic E-state index is -0.288. The van der Waals surface area contributed by atoms with E-state index in [0.717, 1.165) is 18.4 Å². The van der Waals surface area contributed by atoms with E-state index in [2.05, 4.69) is 6.92 Å². The van der Waals surface area contributed by atoms with E-state index < -0.39 is 0 Å². The predicted octanol–water partition coefficient (Wildman–Crippen LogP) is 3.67. The molecule has 0 amide bonds. The van der Waals surface area contributed by atoms with Crippen LogP contribution in [0.2, 0.25) is 0 Å². The third-order valence-electron chi connectivity index (χ3n) is 2.83. The summed E-state index contributed by atoms with van der Waals surface area (Å²) in [7, 11) is 0. The van der Waals surface area contributed by atoms with Crippen LogP contribution in [0.15, 0.2) is 18.2 Å². The third-order valence-corrected chi connectivity index (χ3v) is 2.83. The van der Waals surface area contributed by atoms with Crippen molar-refractivity contribution in [1.82, 2.24) is 0 Å². The Morgan fingerprint density at radius 2 is 2.06 bits per heavy atom. The quantitative estimate of drug-likeness (QED) is 0.717. The van der Waals surface area contributed by atoms with E-state index in [0.29, 0.717) is 18.8 Å². The standard InChI is InChI=1S/C15H24FNO/c1-3-4-5-6-10-18-15-13(11-12(2)17)8-7-9-14(15)16/h7-9,12H,3-6,10-11,17H2,1-2H3. The van der Waals surface area contributed by atoms with Gasteiger partial charge in [-0.1, -0.05) is 38.3 Å². The van der Waals surface area contributed by atoms with Crippen molar-refractivity contribution in [2.75, 3.05) is 6.61 Å². The lowest BCUT2D eigenvalue weighted by atomic mass is 10.1. The number of halogens is 1. The monoisotopic (exact) mass is 253 g/mol. The maximum atomic E-state index is 13.7. The van der Waals surface area contributed by atoms with Crippen LogP contribution in [-0.2, 0) is 6.42 Å². The maximum Gasteiger partial charge on any atom is 0.165 e. The van der Waals surface area contributed by atoms with Crippen LogP contribution < -0.4 is 10.5 Å². The zero-order valence-electron chi connectivity index (χ0n) is 11.4. The van der Waals surface area contributed by atoms with Crippen molar-refractivity contribution in [3.05, 3.63) is 29.6 Å². The van der Waals surface area contributed by atoms with Crippen molar-refractivity contribution in [2.45, 2.75) is 52.0 Å². The number of ether oxygens (including phenoxy) is 1. The van der Waals surface area contributed by atoms with Gasteiger partial charge in [-0.05, 0) is 31.4 Å². The number of hydrogen-bond donors (Lipinski definition) is 1. The minimum Gasteiger partial charge on any atom is -0.490 e. The Balaban J connectivity index is 2.56. The molecule has 0 aliphatic rings. The molecule has 0 aliphatic heterocycles. The van der Waals surface area contributed by atoms with Gasteiger partial charge in [-0.3, -0.25) is 0 Å². The van der Waals surface area contributed by atoms with Gasteiger partial charge in [0.05, 0.1) is 6.61 Å². The van der Waals surface area contributed by atoms with Gasteiger partial charge in [0, 0.05) is 6.04 Å². The van der Waals surface area contributed by atoms with Crippen LogP contribution in [0.3, 0.4) is 0 Å². The molecule has 0 aromatic heterocycles. The smallest absolute Gasteiger partial charge is 0.165 e. The molecular formula is C15H24FNO. The number of para-hydroxylation sites is 1. The Morgan fingerprint density at radius 3 is 2.72 bits per heavy atom. The Kier molecular flexibility index (Phi) is 6.73. The second-order valence-electron chi connectivity index (χ2n) is 4.82. The summed E-state index contributed by atoms with van der Waals surface area (Å²) in [6.07, 6.45) is 5.14. The van der Waals surface area contributed by atoms with Crippen molar-refractivity contribution in [2.24, 2.45) is 5.73 Å². The van der Waals surface area contributed by atoms with Gasteiger partial charge in [-0.2, -0.15) is 0 Å². The fraction of sp³-hybridized carbons (Fsp3) is 0.600. The maximum absolute atomic E-state index is 13.7. The molecular weight excluding hydrogens is 229 g/mol. The largest absolute Gasteiger partial charge is 0.490 e. The second kappa shape index (κ2) is 8.09. The van der Waals surface area contributed by atoms with Crippen LogP contribution in [0.4, 0.5) is 4.39 Å². The van der Waals surface area contributed by atoms with Crippen LogP contribution in [0.1, 0.15) is 45.1 Å². The Bertz CT molecular complexity index is 352. The summed E-state index contributed by atoms with van der Waals surface area (Å²) in [4.78, 5) is 0. The van der Waals surface area contributed by atoms with Gasteiger partial charge < -0.3 is 10.5 Å². The molecule has 1 atom stereocenters. The van der Waals surface area contributed by atoms with Crippen molar-refractivity contribution in [1.29, 1.82) is 0 Å². The molecule has 0 saturated heterocycles. The van der Waals surface area contributed by atoms with Crippen LogP contribution in [0, 0.1) is 5.82 Å².